The molecule has 0 bridgehead atoms. The summed E-state index contributed by atoms with van der Waals surface area (Å²) in [6.45, 7) is 3.43. The highest BCUT2D eigenvalue weighted by atomic mass is 16.5. The van der Waals surface area contributed by atoms with Gasteiger partial charge in [-0.15, -0.1) is 0 Å². The minimum absolute atomic E-state index is 0.0605. The first-order valence-electron chi connectivity index (χ1n) is 7.46. The molecule has 1 saturated heterocycles. The molecule has 1 atom stereocenters. The summed E-state index contributed by atoms with van der Waals surface area (Å²) in [6, 6.07) is 5.29. The number of ether oxygens (including phenoxy) is 2. The van der Waals surface area contributed by atoms with E-state index in [0.29, 0.717) is 5.75 Å². The molecular formula is C16H25N3O3. The monoisotopic (exact) mass is 307 g/mol. The Kier molecular flexibility index (Phi) is 5.63. The van der Waals surface area contributed by atoms with Crippen molar-refractivity contribution in [1.29, 1.82) is 0 Å². The van der Waals surface area contributed by atoms with Gasteiger partial charge in [0.2, 0.25) is 5.91 Å². The number of carbonyl (C=O) groups excluding carboxylic acids is 1. The Morgan fingerprint density at radius 2 is 1.91 bits per heavy atom. The second-order valence-corrected chi connectivity index (χ2v) is 5.53. The first kappa shape index (κ1) is 16.6. The van der Waals surface area contributed by atoms with Gasteiger partial charge in [-0.2, -0.15) is 0 Å². The van der Waals surface area contributed by atoms with E-state index in [1.165, 1.54) is 0 Å². The number of rotatable bonds is 5. The molecule has 1 N–H and O–H groups in total. The molecule has 1 aliphatic heterocycles. The number of methoxy groups -OCH3 is 2. The van der Waals surface area contributed by atoms with E-state index in [4.69, 9.17) is 9.47 Å². The van der Waals surface area contributed by atoms with E-state index < -0.39 is 0 Å². The van der Waals surface area contributed by atoms with E-state index in [9.17, 15) is 4.79 Å². The Bertz CT molecular complexity index is 513. The standard InChI is InChI=1S/C16H25N3O3/c1-18(2)16(20)15(19-9-7-17-8-10-19)13-6-5-12(21-3)11-14(13)22-4/h5-6,11,15,17H,7-10H2,1-4H3. The maximum absolute atomic E-state index is 12.7. The molecule has 1 aliphatic rings. The molecule has 1 aromatic rings. The molecule has 0 radical (unpaired) electrons. The molecule has 1 aromatic carbocycles. The molecule has 0 aliphatic carbocycles. The van der Waals surface area contributed by atoms with Gasteiger partial charge < -0.3 is 19.7 Å². The van der Waals surface area contributed by atoms with Crippen LogP contribution in [-0.2, 0) is 4.79 Å². The lowest BCUT2D eigenvalue weighted by atomic mass is 10.0. The van der Waals surface area contributed by atoms with Gasteiger partial charge >= 0.3 is 0 Å². The van der Waals surface area contributed by atoms with Crippen LogP contribution in [0.15, 0.2) is 18.2 Å². The molecule has 1 amide bonds. The molecular weight excluding hydrogens is 282 g/mol. The number of amides is 1. The fraction of sp³-hybridized carbons (Fsp3) is 0.562. The van der Waals surface area contributed by atoms with Gasteiger partial charge in [-0.25, -0.2) is 0 Å². The van der Waals surface area contributed by atoms with Crippen molar-refractivity contribution in [3.63, 3.8) is 0 Å². The van der Waals surface area contributed by atoms with E-state index in [-0.39, 0.29) is 11.9 Å². The smallest absolute Gasteiger partial charge is 0.244 e. The van der Waals surface area contributed by atoms with E-state index in [1.807, 2.05) is 18.2 Å². The normalized spacial score (nSPS) is 16.9. The van der Waals surface area contributed by atoms with Crippen molar-refractivity contribution in [2.24, 2.45) is 0 Å². The van der Waals surface area contributed by atoms with Crippen LogP contribution in [0.25, 0.3) is 0 Å². The van der Waals surface area contributed by atoms with Crippen molar-refractivity contribution in [3.8, 4) is 11.5 Å². The Hall–Kier alpha value is -1.79. The molecule has 1 heterocycles. The lowest BCUT2D eigenvalue weighted by Crippen LogP contribution is -2.49. The zero-order chi connectivity index (χ0) is 16.1. The summed E-state index contributed by atoms with van der Waals surface area (Å²) in [5.41, 5.74) is 0.879. The quantitative estimate of drug-likeness (QED) is 0.869. The number of piperazine rings is 1. The predicted octanol–water partition coefficient (Wildman–Crippen LogP) is 0.738. The number of nitrogens with zero attached hydrogens (tertiary/aromatic N) is 2. The van der Waals surface area contributed by atoms with Crippen LogP contribution in [0.1, 0.15) is 11.6 Å². The van der Waals surface area contributed by atoms with Crippen LogP contribution >= 0.6 is 0 Å². The third-order valence-electron chi connectivity index (χ3n) is 3.93. The number of carbonyl (C=O) groups is 1. The molecule has 6 nitrogen and oxygen atoms in total. The highest BCUT2D eigenvalue weighted by Gasteiger charge is 2.32. The van der Waals surface area contributed by atoms with Crippen molar-refractivity contribution in [2.75, 3.05) is 54.5 Å². The topological polar surface area (TPSA) is 54.0 Å². The highest BCUT2D eigenvalue weighted by molar-refractivity contribution is 5.83. The maximum atomic E-state index is 12.7. The van der Waals surface area contributed by atoms with Gasteiger partial charge in [0.15, 0.2) is 0 Å². The van der Waals surface area contributed by atoms with Crippen LogP contribution in [0.3, 0.4) is 0 Å². The lowest BCUT2D eigenvalue weighted by molar-refractivity contribution is -0.135. The summed E-state index contributed by atoms with van der Waals surface area (Å²) in [6.07, 6.45) is 0. The SMILES string of the molecule is COc1ccc(C(C(=O)N(C)C)N2CCNCC2)c(OC)c1. The number of hydrogen-bond acceptors (Lipinski definition) is 5. The largest absolute Gasteiger partial charge is 0.497 e. The fourth-order valence-electron chi connectivity index (χ4n) is 2.72. The molecule has 0 aromatic heterocycles. The van der Waals surface area contributed by atoms with Gasteiger partial charge in [0.1, 0.15) is 17.5 Å². The van der Waals surface area contributed by atoms with Crippen molar-refractivity contribution >= 4 is 5.91 Å². The van der Waals surface area contributed by atoms with Gasteiger partial charge in [0.25, 0.3) is 0 Å². The van der Waals surface area contributed by atoms with E-state index >= 15 is 0 Å². The first-order chi connectivity index (χ1) is 10.6. The lowest BCUT2D eigenvalue weighted by Gasteiger charge is -2.36. The summed E-state index contributed by atoms with van der Waals surface area (Å²) in [7, 11) is 6.81. The minimum atomic E-state index is -0.335. The Labute approximate surface area is 132 Å². The van der Waals surface area contributed by atoms with E-state index in [1.54, 1.807) is 33.2 Å². The number of likely N-dealkylation sites (N-methyl/N-ethyl adjacent to an activating group) is 1. The van der Waals surface area contributed by atoms with Crippen LogP contribution in [0.4, 0.5) is 0 Å². The third-order valence-corrected chi connectivity index (χ3v) is 3.93. The van der Waals surface area contributed by atoms with Crippen molar-refractivity contribution in [3.05, 3.63) is 23.8 Å². The Balaban J connectivity index is 2.41. The van der Waals surface area contributed by atoms with Crippen LogP contribution in [-0.4, -0.2) is 70.2 Å². The van der Waals surface area contributed by atoms with Crippen molar-refractivity contribution < 1.29 is 14.3 Å². The van der Waals surface area contributed by atoms with Crippen LogP contribution < -0.4 is 14.8 Å². The summed E-state index contributed by atoms with van der Waals surface area (Å²) in [5.74, 6) is 1.46. The summed E-state index contributed by atoms with van der Waals surface area (Å²) in [4.78, 5) is 16.6. The minimum Gasteiger partial charge on any atom is -0.497 e. The third kappa shape index (κ3) is 3.51. The van der Waals surface area contributed by atoms with Crippen LogP contribution in [0.5, 0.6) is 11.5 Å². The molecule has 2 rings (SSSR count). The molecule has 1 unspecified atom stereocenters. The predicted molar refractivity (Wildman–Crippen MR) is 85.4 cm³/mol. The first-order valence-corrected chi connectivity index (χ1v) is 7.46. The zero-order valence-corrected chi connectivity index (χ0v) is 13.8. The molecule has 0 saturated carbocycles. The highest BCUT2D eigenvalue weighted by Crippen LogP contribution is 2.33. The zero-order valence-electron chi connectivity index (χ0n) is 13.8. The van der Waals surface area contributed by atoms with Crippen LogP contribution in [0, 0.1) is 0 Å². The van der Waals surface area contributed by atoms with Gasteiger partial charge in [0.05, 0.1) is 14.2 Å². The van der Waals surface area contributed by atoms with E-state index in [2.05, 4.69) is 10.2 Å². The van der Waals surface area contributed by atoms with Crippen LogP contribution in [0.2, 0.25) is 0 Å². The van der Waals surface area contributed by atoms with Crippen molar-refractivity contribution in [2.45, 2.75) is 6.04 Å². The molecule has 122 valence electrons. The molecule has 1 fully saturated rings. The Morgan fingerprint density at radius 3 is 2.45 bits per heavy atom. The average molecular weight is 307 g/mol. The second-order valence-electron chi connectivity index (χ2n) is 5.53. The number of hydrogen-bond donors (Lipinski definition) is 1. The summed E-state index contributed by atoms with van der Waals surface area (Å²) >= 11 is 0. The van der Waals surface area contributed by atoms with Gasteiger partial charge in [-0.3, -0.25) is 9.69 Å². The fourth-order valence-corrected chi connectivity index (χ4v) is 2.72. The van der Waals surface area contributed by atoms with Gasteiger partial charge in [-0.1, -0.05) is 0 Å². The van der Waals surface area contributed by atoms with E-state index in [0.717, 1.165) is 37.5 Å². The second kappa shape index (κ2) is 7.47. The number of nitrogens with one attached hydrogen (secondary N) is 1. The van der Waals surface area contributed by atoms with Gasteiger partial charge in [-0.05, 0) is 12.1 Å². The van der Waals surface area contributed by atoms with Crippen molar-refractivity contribution in [1.82, 2.24) is 15.1 Å². The molecule has 0 spiro atoms. The Morgan fingerprint density at radius 1 is 1.23 bits per heavy atom. The molecule has 22 heavy (non-hydrogen) atoms. The van der Waals surface area contributed by atoms with Gasteiger partial charge in [0, 0.05) is 51.9 Å². The molecule has 6 heteroatoms. The average Bonchev–Trinajstić information content (AvgIpc) is 2.56. The number of benzene rings is 1. The maximum Gasteiger partial charge on any atom is 0.244 e. The summed E-state index contributed by atoms with van der Waals surface area (Å²) in [5, 5.41) is 3.32. The summed E-state index contributed by atoms with van der Waals surface area (Å²) < 4.78 is 10.7.